The van der Waals surface area contributed by atoms with Crippen LogP contribution in [0.3, 0.4) is 0 Å². The Labute approximate surface area is 137 Å². The molecule has 2 heterocycles. The Morgan fingerprint density at radius 2 is 1.88 bits per heavy atom. The Bertz CT molecular complexity index is 976. The van der Waals surface area contributed by atoms with Crippen LogP contribution >= 0.6 is 0 Å². The third kappa shape index (κ3) is 2.54. The first-order chi connectivity index (χ1) is 11.7. The van der Waals surface area contributed by atoms with E-state index in [1.165, 1.54) is 6.07 Å². The van der Waals surface area contributed by atoms with E-state index in [1.807, 2.05) is 24.3 Å². The summed E-state index contributed by atoms with van der Waals surface area (Å²) in [5, 5.41) is 3.40. The van der Waals surface area contributed by atoms with E-state index >= 15 is 0 Å². The largest absolute Gasteiger partial charge is 0.493 e. The molecule has 2 aromatic carbocycles. The van der Waals surface area contributed by atoms with Gasteiger partial charge in [0.05, 0.1) is 18.0 Å². The number of para-hydroxylation sites is 2. The number of carbonyl (C=O) groups excluding carboxylic acids is 1. The summed E-state index contributed by atoms with van der Waals surface area (Å²) in [5.74, 6) is 0.385. The lowest BCUT2D eigenvalue weighted by Crippen LogP contribution is -2.32. The van der Waals surface area contributed by atoms with Gasteiger partial charge in [-0.15, -0.1) is 0 Å². The van der Waals surface area contributed by atoms with Crippen molar-refractivity contribution in [2.45, 2.75) is 12.5 Å². The van der Waals surface area contributed by atoms with Gasteiger partial charge < -0.3 is 14.5 Å². The third-order valence-corrected chi connectivity index (χ3v) is 4.12. The van der Waals surface area contributed by atoms with E-state index in [0.29, 0.717) is 24.0 Å². The molecule has 1 N–H and O–H groups in total. The Morgan fingerprint density at radius 1 is 1.08 bits per heavy atom. The van der Waals surface area contributed by atoms with Crippen LogP contribution in [0.2, 0.25) is 0 Å². The highest BCUT2D eigenvalue weighted by molar-refractivity contribution is 5.93. The molecule has 0 saturated carbocycles. The first-order valence-corrected chi connectivity index (χ1v) is 7.78. The Morgan fingerprint density at radius 3 is 2.79 bits per heavy atom. The lowest BCUT2D eigenvalue weighted by Gasteiger charge is -2.26. The van der Waals surface area contributed by atoms with Gasteiger partial charge in [-0.25, -0.2) is 0 Å². The summed E-state index contributed by atoms with van der Waals surface area (Å²) in [5.41, 5.74) is 1.11. The Hall–Kier alpha value is -3.08. The maximum Gasteiger partial charge on any atom is 0.287 e. The molecule has 4 rings (SSSR count). The standard InChI is InChI=1S/C19H15NO4/c21-15-11-18(24-17-8-4-2-6-13(15)17)19(22)20-14-9-10-23-16-7-3-1-5-12(14)16/h1-8,11,14H,9-10H2,(H,20,22)/t14-/m0/s1. The van der Waals surface area contributed by atoms with Gasteiger partial charge in [0.1, 0.15) is 11.3 Å². The minimum atomic E-state index is -0.403. The van der Waals surface area contributed by atoms with E-state index in [1.54, 1.807) is 24.3 Å². The molecule has 1 atom stereocenters. The summed E-state index contributed by atoms with van der Waals surface area (Å²) in [7, 11) is 0. The SMILES string of the molecule is O=C(N[C@H]1CCOc2ccccc21)c1cc(=O)c2ccccc2o1. The topological polar surface area (TPSA) is 68.5 Å². The van der Waals surface area contributed by atoms with E-state index < -0.39 is 5.91 Å². The molecule has 1 aliphatic rings. The fourth-order valence-corrected chi connectivity index (χ4v) is 2.94. The molecule has 24 heavy (non-hydrogen) atoms. The van der Waals surface area contributed by atoms with Gasteiger partial charge >= 0.3 is 0 Å². The van der Waals surface area contributed by atoms with E-state index in [0.717, 1.165) is 11.3 Å². The number of nitrogens with one attached hydrogen (secondary N) is 1. The van der Waals surface area contributed by atoms with Crippen molar-refractivity contribution in [1.82, 2.24) is 5.32 Å². The minimum absolute atomic E-state index is 0.0164. The van der Waals surface area contributed by atoms with Crippen LogP contribution < -0.4 is 15.5 Å². The molecular formula is C19H15NO4. The number of ether oxygens (including phenoxy) is 1. The summed E-state index contributed by atoms with van der Waals surface area (Å²) in [6.45, 7) is 0.531. The van der Waals surface area contributed by atoms with Crippen molar-refractivity contribution >= 4 is 16.9 Å². The molecule has 120 valence electrons. The number of fused-ring (bicyclic) bond motifs is 2. The third-order valence-electron chi connectivity index (χ3n) is 4.12. The van der Waals surface area contributed by atoms with Gasteiger partial charge in [0.15, 0.2) is 11.2 Å². The predicted octanol–water partition coefficient (Wildman–Crippen LogP) is 3.05. The summed E-state index contributed by atoms with van der Waals surface area (Å²) in [4.78, 5) is 24.7. The van der Waals surface area contributed by atoms with Crippen molar-refractivity contribution in [2.75, 3.05) is 6.61 Å². The van der Waals surface area contributed by atoms with Crippen LogP contribution in [0, 0.1) is 0 Å². The fourth-order valence-electron chi connectivity index (χ4n) is 2.94. The molecule has 0 bridgehead atoms. The van der Waals surface area contributed by atoms with Crippen molar-refractivity contribution in [2.24, 2.45) is 0 Å². The molecule has 0 saturated heterocycles. The molecule has 0 spiro atoms. The number of hydrogen-bond donors (Lipinski definition) is 1. The van der Waals surface area contributed by atoms with Gasteiger partial charge in [-0.05, 0) is 18.2 Å². The summed E-state index contributed by atoms with van der Waals surface area (Å²) < 4.78 is 11.2. The average Bonchev–Trinajstić information content (AvgIpc) is 2.62. The van der Waals surface area contributed by atoms with Gasteiger partial charge in [-0.1, -0.05) is 30.3 Å². The first kappa shape index (κ1) is 14.5. The molecule has 3 aromatic rings. The number of amides is 1. The molecule has 0 radical (unpaired) electrons. The van der Waals surface area contributed by atoms with E-state index in [-0.39, 0.29) is 17.2 Å². The van der Waals surface area contributed by atoms with Crippen LogP contribution in [-0.2, 0) is 0 Å². The first-order valence-electron chi connectivity index (χ1n) is 7.78. The maximum absolute atomic E-state index is 12.5. The van der Waals surface area contributed by atoms with Crippen molar-refractivity contribution in [3.05, 3.63) is 76.1 Å². The van der Waals surface area contributed by atoms with Crippen LogP contribution in [0.1, 0.15) is 28.6 Å². The molecule has 1 aliphatic heterocycles. The van der Waals surface area contributed by atoms with Gasteiger partial charge in [-0.2, -0.15) is 0 Å². The van der Waals surface area contributed by atoms with Crippen LogP contribution in [0.15, 0.2) is 63.8 Å². The van der Waals surface area contributed by atoms with Crippen molar-refractivity contribution in [1.29, 1.82) is 0 Å². The van der Waals surface area contributed by atoms with Crippen molar-refractivity contribution in [3.8, 4) is 5.75 Å². The van der Waals surface area contributed by atoms with Crippen LogP contribution in [0.4, 0.5) is 0 Å². The minimum Gasteiger partial charge on any atom is -0.493 e. The van der Waals surface area contributed by atoms with Crippen molar-refractivity contribution < 1.29 is 13.9 Å². The summed E-state index contributed by atoms with van der Waals surface area (Å²) in [6.07, 6.45) is 0.667. The zero-order valence-corrected chi connectivity index (χ0v) is 12.8. The van der Waals surface area contributed by atoms with Gasteiger partial charge in [0.25, 0.3) is 5.91 Å². The Balaban J connectivity index is 1.65. The molecule has 5 nitrogen and oxygen atoms in total. The lowest BCUT2D eigenvalue weighted by atomic mass is 10.0. The average molecular weight is 321 g/mol. The van der Waals surface area contributed by atoms with E-state index in [9.17, 15) is 9.59 Å². The quantitative estimate of drug-likeness (QED) is 0.787. The van der Waals surface area contributed by atoms with Gasteiger partial charge in [0.2, 0.25) is 0 Å². The van der Waals surface area contributed by atoms with Gasteiger partial charge in [-0.3, -0.25) is 9.59 Å². The fraction of sp³-hybridized carbons (Fsp3) is 0.158. The highest BCUT2D eigenvalue weighted by atomic mass is 16.5. The van der Waals surface area contributed by atoms with Crippen LogP contribution in [0.5, 0.6) is 5.75 Å². The molecule has 0 unspecified atom stereocenters. The second-order valence-corrected chi connectivity index (χ2v) is 5.67. The number of rotatable bonds is 2. The van der Waals surface area contributed by atoms with Crippen LogP contribution in [-0.4, -0.2) is 12.5 Å². The zero-order valence-electron chi connectivity index (χ0n) is 12.8. The van der Waals surface area contributed by atoms with Crippen LogP contribution in [0.25, 0.3) is 11.0 Å². The Kier molecular flexibility index (Phi) is 3.54. The number of hydrogen-bond acceptors (Lipinski definition) is 4. The molecule has 0 aliphatic carbocycles. The van der Waals surface area contributed by atoms with Crippen molar-refractivity contribution in [3.63, 3.8) is 0 Å². The normalized spacial score (nSPS) is 16.2. The second-order valence-electron chi connectivity index (χ2n) is 5.67. The number of carbonyl (C=O) groups is 1. The number of benzene rings is 2. The monoisotopic (exact) mass is 321 g/mol. The molecule has 1 aromatic heterocycles. The second kappa shape index (κ2) is 5.85. The van der Waals surface area contributed by atoms with Gasteiger partial charge in [0, 0.05) is 18.1 Å². The molecular weight excluding hydrogens is 306 g/mol. The highest BCUT2D eigenvalue weighted by Gasteiger charge is 2.24. The maximum atomic E-state index is 12.5. The zero-order chi connectivity index (χ0) is 16.5. The lowest BCUT2D eigenvalue weighted by molar-refractivity contribution is 0.0897. The van der Waals surface area contributed by atoms with E-state index in [4.69, 9.17) is 9.15 Å². The summed E-state index contributed by atoms with van der Waals surface area (Å²) in [6, 6.07) is 15.6. The molecule has 1 amide bonds. The predicted molar refractivity (Wildman–Crippen MR) is 89.2 cm³/mol. The molecule has 5 heteroatoms. The summed E-state index contributed by atoms with van der Waals surface area (Å²) >= 11 is 0. The molecule has 0 fully saturated rings. The van der Waals surface area contributed by atoms with E-state index in [2.05, 4.69) is 5.32 Å². The smallest absolute Gasteiger partial charge is 0.287 e. The highest BCUT2D eigenvalue weighted by Crippen LogP contribution is 2.31.